The van der Waals surface area contributed by atoms with E-state index in [1.807, 2.05) is 36.2 Å². The first-order valence-corrected chi connectivity index (χ1v) is 9.56. The highest BCUT2D eigenvalue weighted by atomic mass is 32.2. The number of rotatable bonds is 6. The first-order chi connectivity index (χ1) is 10.4. The van der Waals surface area contributed by atoms with Crippen molar-refractivity contribution in [2.45, 2.75) is 38.6 Å². The van der Waals surface area contributed by atoms with E-state index in [0.29, 0.717) is 12.8 Å². The predicted octanol–water partition coefficient (Wildman–Crippen LogP) is 2.44. The Bertz CT molecular complexity index is 611. The number of carbonyl (C=O) groups excluding carboxylic acids is 1. The van der Waals surface area contributed by atoms with Crippen molar-refractivity contribution in [1.29, 1.82) is 0 Å². The molecule has 0 radical (unpaired) electrons. The van der Waals surface area contributed by atoms with Gasteiger partial charge in [-0.2, -0.15) is 0 Å². The van der Waals surface area contributed by atoms with Crippen LogP contribution in [-0.2, 0) is 14.6 Å². The van der Waals surface area contributed by atoms with Gasteiger partial charge in [-0.3, -0.25) is 4.79 Å². The average Bonchev–Trinajstić information content (AvgIpc) is 2.85. The minimum Gasteiger partial charge on any atom is -0.371 e. The van der Waals surface area contributed by atoms with E-state index in [9.17, 15) is 13.2 Å². The molecule has 1 aliphatic heterocycles. The van der Waals surface area contributed by atoms with Crippen molar-refractivity contribution < 1.29 is 13.2 Å². The van der Waals surface area contributed by atoms with Crippen LogP contribution in [0.25, 0.3) is 0 Å². The van der Waals surface area contributed by atoms with E-state index < -0.39 is 9.84 Å². The first-order valence-electron chi connectivity index (χ1n) is 7.74. The molecule has 122 valence electrons. The summed E-state index contributed by atoms with van der Waals surface area (Å²) in [5, 5.41) is 2.87. The summed E-state index contributed by atoms with van der Waals surface area (Å²) in [7, 11) is -0.963. The van der Waals surface area contributed by atoms with Crippen LogP contribution in [0.3, 0.4) is 0 Å². The van der Waals surface area contributed by atoms with Crippen molar-refractivity contribution in [2.75, 3.05) is 28.8 Å². The lowest BCUT2D eigenvalue weighted by molar-refractivity contribution is -0.116. The van der Waals surface area contributed by atoms with Gasteiger partial charge in [0.05, 0.1) is 11.5 Å². The lowest BCUT2D eigenvalue weighted by Crippen LogP contribution is -2.32. The number of amides is 1. The van der Waals surface area contributed by atoms with E-state index in [1.54, 1.807) is 0 Å². The SMILES string of the molecule is CCCCC(=O)Nc1ccc(N(C)C2CCS(=O)(=O)C2)cc1. The van der Waals surface area contributed by atoms with Crippen molar-refractivity contribution in [1.82, 2.24) is 0 Å². The number of nitrogens with one attached hydrogen (secondary N) is 1. The highest BCUT2D eigenvalue weighted by molar-refractivity contribution is 7.91. The number of benzene rings is 1. The number of hydrogen-bond acceptors (Lipinski definition) is 4. The van der Waals surface area contributed by atoms with Gasteiger partial charge in [0.1, 0.15) is 0 Å². The average molecular weight is 324 g/mol. The third-order valence-corrected chi connectivity index (χ3v) is 5.82. The number of nitrogens with zero attached hydrogens (tertiary/aromatic N) is 1. The molecule has 1 heterocycles. The summed E-state index contributed by atoms with van der Waals surface area (Å²) in [6.07, 6.45) is 3.11. The van der Waals surface area contributed by atoms with E-state index in [1.165, 1.54) is 0 Å². The smallest absolute Gasteiger partial charge is 0.224 e. The molecule has 0 spiro atoms. The fraction of sp³-hybridized carbons (Fsp3) is 0.562. The lowest BCUT2D eigenvalue weighted by atomic mass is 10.2. The third-order valence-electron chi connectivity index (χ3n) is 4.07. The summed E-state index contributed by atoms with van der Waals surface area (Å²) < 4.78 is 23.1. The molecule has 1 aliphatic rings. The summed E-state index contributed by atoms with van der Waals surface area (Å²) in [6.45, 7) is 2.06. The van der Waals surface area contributed by atoms with E-state index in [-0.39, 0.29) is 23.5 Å². The minimum atomic E-state index is -2.88. The maximum atomic E-state index is 11.7. The maximum absolute atomic E-state index is 11.7. The Morgan fingerprint density at radius 3 is 2.55 bits per heavy atom. The molecule has 0 saturated carbocycles. The molecular weight excluding hydrogens is 300 g/mol. The molecule has 1 aromatic carbocycles. The van der Waals surface area contributed by atoms with Gasteiger partial charge in [0.25, 0.3) is 0 Å². The molecule has 0 aromatic heterocycles. The van der Waals surface area contributed by atoms with Crippen LogP contribution in [0.5, 0.6) is 0 Å². The van der Waals surface area contributed by atoms with Crippen LogP contribution in [0.2, 0.25) is 0 Å². The number of carbonyl (C=O) groups is 1. The highest BCUT2D eigenvalue weighted by Gasteiger charge is 2.30. The van der Waals surface area contributed by atoms with Gasteiger partial charge in [-0.25, -0.2) is 8.42 Å². The molecule has 22 heavy (non-hydrogen) atoms. The van der Waals surface area contributed by atoms with Crippen LogP contribution in [0.4, 0.5) is 11.4 Å². The van der Waals surface area contributed by atoms with Gasteiger partial charge < -0.3 is 10.2 Å². The fourth-order valence-electron chi connectivity index (χ4n) is 2.63. The minimum absolute atomic E-state index is 0.0323. The molecule has 6 heteroatoms. The maximum Gasteiger partial charge on any atom is 0.224 e. The predicted molar refractivity (Wildman–Crippen MR) is 90.1 cm³/mol. The summed E-state index contributed by atoms with van der Waals surface area (Å²) in [4.78, 5) is 13.7. The number of hydrogen-bond donors (Lipinski definition) is 1. The zero-order valence-electron chi connectivity index (χ0n) is 13.2. The van der Waals surface area contributed by atoms with Crippen LogP contribution < -0.4 is 10.2 Å². The van der Waals surface area contributed by atoms with E-state index in [2.05, 4.69) is 12.2 Å². The molecule has 1 amide bonds. The van der Waals surface area contributed by atoms with Gasteiger partial charge in [0, 0.05) is 30.9 Å². The van der Waals surface area contributed by atoms with Crippen LogP contribution in [-0.4, -0.2) is 38.9 Å². The molecule has 0 aliphatic carbocycles. The monoisotopic (exact) mass is 324 g/mol. The second-order valence-corrected chi connectivity index (χ2v) is 8.10. The molecule has 1 aromatic rings. The quantitative estimate of drug-likeness (QED) is 0.873. The molecule has 1 unspecified atom stereocenters. The van der Waals surface area contributed by atoms with Gasteiger partial charge in [-0.1, -0.05) is 13.3 Å². The molecule has 0 bridgehead atoms. The second kappa shape index (κ2) is 7.13. The Morgan fingerprint density at radius 2 is 2.00 bits per heavy atom. The molecule has 1 N–H and O–H groups in total. The lowest BCUT2D eigenvalue weighted by Gasteiger charge is -2.25. The summed E-state index contributed by atoms with van der Waals surface area (Å²) >= 11 is 0. The molecule has 1 atom stereocenters. The van der Waals surface area contributed by atoms with Crippen LogP contribution in [0, 0.1) is 0 Å². The molecule has 1 fully saturated rings. The molecule has 5 nitrogen and oxygen atoms in total. The van der Waals surface area contributed by atoms with Gasteiger partial charge in [-0.15, -0.1) is 0 Å². The third kappa shape index (κ3) is 4.47. The van der Waals surface area contributed by atoms with Crippen molar-refractivity contribution in [3.8, 4) is 0 Å². The summed E-state index contributed by atoms with van der Waals surface area (Å²) in [6, 6.07) is 7.59. The van der Waals surface area contributed by atoms with Gasteiger partial charge in [-0.05, 0) is 37.1 Å². The van der Waals surface area contributed by atoms with Gasteiger partial charge >= 0.3 is 0 Å². The standard InChI is InChI=1S/C16H24N2O3S/c1-3-4-5-16(19)17-13-6-8-14(9-7-13)18(2)15-10-11-22(20,21)12-15/h6-9,15H,3-5,10-12H2,1-2H3,(H,17,19). The zero-order valence-corrected chi connectivity index (χ0v) is 14.0. The van der Waals surface area contributed by atoms with Crippen LogP contribution in [0.15, 0.2) is 24.3 Å². The molecular formula is C16H24N2O3S. The van der Waals surface area contributed by atoms with Crippen molar-refractivity contribution in [2.24, 2.45) is 0 Å². The van der Waals surface area contributed by atoms with Crippen molar-refractivity contribution >= 4 is 27.1 Å². The Kier molecular flexibility index (Phi) is 5.45. The normalized spacial score (nSPS) is 19.8. The Balaban J connectivity index is 1.95. The van der Waals surface area contributed by atoms with Crippen molar-refractivity contribution in [3.63, 3.8) is 0 Å². The topological polar surface area (TPSA) is 66.5 Å². The number of unbranched alkanes of at least 4 members (excludes halogenated alkanes) is 1. The largest absolute Gasteiger partial charge is 0.371 e. The fourth-order valence-corrected chi connectivity index (χ4v) is 4.41. The first kappa shape index (κ1) is 16.8. The Labute approximate surface area is 132 Å². The summed E-state index contributed by atoms with van der Waals surface area (Å²) in [5.41, 5.74) is 1.74. The molecule has 1 saturated heterocycles. The van der Waals surface area contributed by atoms with E-state index in [4.69, 9.17) is 0 Å². The number of anilines is 2. The van der Waals surface area contributed by atoms with E-state index >= 15 is 0 Å². The van der Waals surface area contributed by atoms with Crippen LogP contribution in [0.1, 0.15) is 32.6 Å². The Hall–Kier alpha value is -1.56. The zero-order chi connectivity index (χ0) is 16.2. The Morgan fingerprint density at radius 1 is 1.32 bits per heavy atom. The van der Waals surface area contributed by atoms with Gasteiger partial charge in [0.15, 0.2) is 9.84 Å². The number of sulfone groups is 1. The second-order valence-electron chi connectivity index (χ2n) is 5.87. The summed E-state index contributed by atoms with van der Waals surface area (Å²) in [5.74, 6) is 0.525. The van der Waals surface area contributed by atoms with Gasteiger partial charge in [0.2, 0.25) is 5.91 Å². The highest BCUT2D eigenvalue weighted by Crippen LogP contribution is 2.24. The molecule has 2 rings (SSSR count). The van der Waals surface area contributed by atoms with E-state index in [0.717, 1.165) is 24.2 Å². The van der Waals surface area contributed by atoms with Crippen LogP contribution >= 0.6 is 0 Å². The van der Waals surface area contributed by atoms with Crippen molar-refractivity contribution in [3.05, 3.63) is 24.3 Å².